The van der Waals surface area contributed by atoms with E-state index in [9.17, 15) is 4.79 Å². The Labute approximate surface area is 121 Å². The second kappa shape index (κ2) is 6.29. The third-order valence-electron chi connectivity index (χ3n) is 2.58. The molecule has 0 unspecified atom stereocenters. The van der Waals surface area contributed by atoms with Crippen LogP contribution in [0.5, 0.6) is 0 Å². The molecule has 2 aromatic heterocycles. The summed E-state index contributed by atoms with van der Waals surface area (Å²) in [5.74, 6) is 0. The molecule has 0 bridgehead atoms. The second-order valence-corrected chi connectivity index (χ2v) is 4.53. The quantitative estimate of drug-likeness (QED) is 0.850. The maximum Gasteiger partial charge on any atom is 0.287 e. The van der Waals surface area contributed by atoms with Gasteiger partial charge in [0.2, 0.25) is 0 Å². The molecular weight excluding hydrogens is 278 g/mol. The molecule has 2 rings (SSSR count). The van der Waals surface area contributed by atoms with Crippen LogP contribution in [-0.2, 0) is 13.1 Å². The molecule has 0 aromatic carbocycles. The highest BCUT2D eigenvalue weighted by Crippen LogP contribution is 2.15. The number of aromatic nitrogens is 4. The Morgan fingerprint density at radius 2 is 2.20 bits per heavy atom. The Morgan fingerprint density at radius 1 is 1.40 bits per heavy atom. The largest absolute Gasteiger partial charge is 0.377 e. The monoisotopic (exact) mass is 291 g/mol. The standard InChI is InChI=1S/C13H14ClN5O/c1-3-4-19-13(20)12(14)11(8-18-19)17-7-10-6-15-9(2)5-16-10/h3,5-6,8,17H,1,4,7H2,2H3. The minimum atomic E-state index is -0.355. The number of anilines is 1. The normalized spacial score (nSPS) is 10.3. The van der Waals surface area contributed by atoms with E-state index in [-0.39, 0.29) is 10.6 Å². The molecule has 7 heteroatoms. The van der Waals surface area contributed by atoms with Gasteiger partial charge in [0.25, 0.3) is 5.56 Å². The van der Waals surface area contributed by atoms with Crippen LogP contribution in [0, 0.1) is 6.92 Å². The highest BCUT2D eigenvalue weighted by molar-refractivity contribution is 6.32. The lowest BCUT2D eigenvalue weighted by molar-refractivity contribution is 0.653. The van der Waals surface area contributed by atoms with E-state index in [1.807, 2.05) is 6.92 Å². The summed E-state index contributed by atoms with van der Waals surface area (Å²) in [7, 11) is 0. The highest BCUT2D eigenvalue weighted by Gasteiger charge is 2.08. The Balaban J connectivity index is 2.14. The number of aryl methyl sites for hydroxylation is 1. The van der Waals surface area contributed by atoms with Gasteiger partial charge in [-0.25, -0.2) is 4.68 Å². The molecule has 104 valence electrons. The molecule has 0 aliphatic rings. The molecule has 0 aliphatic carbocycles. The average molecular weight is 292 g/mol. The van der Waals surface area contributed by atoms with Crippen molar-refractivity contribution in [3.8, 4) is 0 Å². The fourth-order valence-electron chi connectivity index (χ4n) is 1.54. The van der Waals surface area contributed by atoms with Gasteiger partial charge in [-0.3, -0.25) is 14.8 Å². The van der Waals surface area contributed by atoms with Crippen molar-refractivity contribution in [2.75, 3.05) is 5.32 Å². The van der Waals surface area contributed by atoms with Crippen molar-refractivity contribution in [1.82, 2.24) is 19.7 Å². The van der Waals surface area contributed by atoms with E-state index in [1.165, 1.54) is 10.9 Å². The van der Waals surface area contributed by atoms with E-state index in [4.69, 9.17) is 11.6 Å². The molecule has 2 heterocycles. The number of hydrogen-bond donors (Lipinski definition) is 1. The maximum absolute atomic E-state index is 11.9. The van der Waals surface area contributed by atoms with Gasteiger partial charge in [-0.1, -0.05) is 17.7 Å². The van der Waals surface area contributed by atoms with Gasteiger partial charge in [-0.05, 0) is 6.92 Å². The number of nitrogens with one attached hydrogen (secondary N) is 1. The van der Waals surface area contributed by atoms with E-state index in [2.05, 4.69) is 27.0 Å². The number of hydrogen-bond acceptors (Lipinski definition) is 5. The van der Waals surface area contributed by atoms with E-state index < -0.39 is 0 Å². The van der Waals surface area contributed by atoms with Crippen LogP contribution >= 0.6 is 11.6 Å². The first-order chi connectivity index (χ1) is 9.61. The van der Waals surface area contributed by atoms with Crippen molar-refractivity contribution in [1.29, 1.82) is 0 Å². The molecule has 0 saturated heterocycles. The van der Waals surface area contributed by atoms with Gasteiger partial charge in [-0.2, -0.15) is 5.10 Å². The van der Waals surface area contributed by atoms with Crippen LogP contribution in [0.3, 0.4) is 0 Å². The third kappa shape index (κ3) is 3.21. The summed E-state index contributed by atoms with van der Waals surface area (Å²) in [4.78, 5) is 20.2. The lowest BCUT2D eigenvalue weighted by Crippen LogP contribution is -2.23. The van der Waals surface area contributed by atoms with Crippen LogP contribution < -0.4 is 10.9 Å². The zero-order valence-electron chi connectivity index (χ0n) is 11.0. The molecule has 0 amide bonds. The first kappa shape index (κ1) is 14.2. The Kier molecular flexibility index (Phi) is 4.47. The molecule has 6 nitrogen and oxygen atoms in total. The van der Waals surface area contributed by atoms with Gasteiger partial charge in [0.15, 0.2) is 0 Å². The summed E-state index contributed by atoms with van der Waals surface area (Å²) in [5, 5.41) is 7.13. The van der Waals surface area contributed by atoms with Crippen molar-refractivity contribution in [2.45, 2.75) is 20.0 Å². The van der Waals surface area contributed by atoms with Crippen LogP contribution in [-0.4, -0.2) is 19.7 Å². The Bertz CT molecular complexity index is 665. The fourth-order valence-corrected chi connectivity index (χ4v) is 1.75. The summed E-state index contributed by atoms with van der Waals surface area (Å²) in [5.41, 5.74) is 1.72. The first-order valence-electron chi connectivity index (χ1n) is 5.99. The first-order valence-corrected chi connectivity index (χ1v) is 6.37. The van der Waals surface area contributed by atoms with Gasteiger partial charge in [0.05, 0.1) is 42.6 Å². The summed E-state index contributed by atoms with van der Waals surface area (Å²) in [6.07, 6.45) is 6.44. The van der Waals surface area contributed by atoms with Crippen molar-refractivity contribution in [3.05, 3.63) is 58.0 Å². The van der Waals surface area contributed by atoms with Gasteiger partial charge in [0.1, 0.15) is 5.02 Å². The summed E-state index contributed by atoms with van der Waals surface area (Å²) in [6, 6.07) is 0. The maximum atomic E-state index is 11.9. The van der Waals surface area contributed by atoms with Crippen molar-refractivity contribution >= 4 is 17.3 Å². The molecule has 2 aromatic rings. The topological polar surface area (TPSA) is 72.7 Å². The molecular formula is C13H14ClN5O. The number of nitrogens with zero attached hydrogens (tertiary/aromatic N) is 4. The van der Waals surface area contributed by atoms with E-state index >= 15 is 0 Å². The van der Waals surface area contributed by atoms with Crippen LogP contribution in [0.25, 0.3) is 0 Å². The second-order valence-electron chi connectivity index (χ2n) is 4.15. The predicted octanol–water partition coefficient (Wildman–Crippen LogP) is 1.79. The van der Waals surface area contributed by atoms with Crippen LogP contribution in [0.1, 0.15) is 11.4 Å². The average Bonchev–Trinajstić information content (AvgIpc) is 2.45. The number of rotatable bonds is 5. The summed E-state index contributed by atoms with van der Waals surface area (Å²) >= 11 is 6.02. The number of allylic oxidation sites excluding steroid dienone is 1. The van der Waals surface area contributed by atoms with Crippen molar-refractivity contribution in [3.63, 3.8) is 0 Å². The van der Waals surface area contributed by atoms with E-state index in [0.29, 0.717) is 18.8 Å². The highest BCUT2D eigenvalue weighted by atomic mass is 35.5. The Morgan fingerprint density at radius 3 is 2.85 bits per heavy atom. The van der Waals surface area contributed by atoms with Gasteiger partial charge in [0, 0.05) is 6.20 Å². The minimum Gasteiger partial charge on any atom is -0.377 e. The van der Waals surface area contributed by atoms with Gasteiger partial charge >= 0.3 is 0 Å². The third-order valence-corrected chi connectivity index (χ3v) is 2.95. The molecule has 20 heavy (non-hydrogen) atoms. The molecule has 0 saturated carbocycles. The van der Waals surface area contributed by atoms with Crippen LogP contribution in [0.4, 0.5) is 5.69 Å². The SMILES string of the molecule is C=CCn1ncc(NCc2cnc(C)cn2)c(Cl)c1=O. The molecule has 0 aliphatic heterocycles. The summed E-state index contributed by atoms with van der Waals surface area (Å²) < 4.78 is 1.24. The van der Waals surface area contributed by atoms with Gasteiger partial charge in [-0.15, -0.1) is 6.58 Å². The van der Waals surface area contributed by atoms with Crippen molar-refractivity contribution < 1.29 is 0 Å². The smallest absolute Gasteiger partial charge is 0.287 e. The van der Waals surface area contributed by atoms with E-state index in [0.717, 1.165) is 11.4 Å². The fraction of sp³-hybridized carbons (Fsp3) is 0.231. The predicted molar refractivity (Wildman–Crippen MR) is 77.8 cm³/mol. The molecule has 0 atom stereocenters. The van der Waals surface area contributed by atoms with Crippen molar-refractivity contribution in [2.24, 2.45) is 0 Å². The van der Waals surface area contributed by atoms with Crippen LogP contribution in [0.15, 0.2) is 36.0 Å². The summed E-state index contributed by atoms with van der Waals surface area (Å²) in [6.45, 7) is 6.16. The minimum absolute atomic E-state index is 0.0990. The van der Waals surface area contributed by atoms with Crippen LogP contribution in [0.2, 0.25) is 5.02 Å². The zero-order valence-corrected chi connectivity index (χ0v) is 11.8. The zero-order chi connectivity index (χ0) is 14.5. The lowest BCUT2D eigenvalue weighted by atomic mass is 10.4. The number of halogens is 1. The van der Waals surface area contributed by atoms with E-state index in [1.54, 1.807) is 18.5 Å². The molecule has 0 fully saturated rings. The lowest BCUT2D eigenvalue weighted by Gasteiger charge is -2.09. The van der Waals surface area contributed by atoms with Gasteiger partial charge < -0.3 is 5.32 Å². The molecule has 1 N–H and O–H groups in total. The molecule has 0 radical (unpaired) electrons. The Hall–Kier alpha value is -2.21. The molecule has 0 spiro atoms.